The lowest BCUT2D eigenvalue weighted by atomic mass is 10.1. The molecule has 0 fully saturated rings. The number of fused-ring (bicyclic) bond motifs is 1. The van der Waals surface area contributed by atoms with Crippen LogP contribution in [0.1, 0.15) is 13.8 Å². The maximum Gasteiger partial charge on any atom is 0.229 e. The van der Waals surface area contributed by atoms with Crippen LogP contribution in [-0.2, 0) is 0 Å². The van der Waals surface area contributed by atoms with Gasteiger partial charge in [-0.3, -0.25) is 0 Å². The van der Waals surface area contributed by atoms with Crippen LogP contribution in [0.2, 0.25) is 0 Å². The molecular formula is C9H12N4. The third-order valence-corrected chi connectivity index (χ3v) is 2.00. The Kier molecular flexibility index (Phi) is 1.88. The third-order valence-electron chi connectivity index (χ3n) is 2.00. The second-order valence-electron chi connectivity index (χ2n) is 3.29. The van der Waals surface area contributed by atoms with Crippen LogP contribution in [0.3, 0.4) is 0 Å². The molecule has 0 unspecified atom stereocenters. The minimum atomic E-state index is 0.494. The molecule has 0 saturated heterocycles. The summed E-state index contributed by atoms with van der Waals surface area (Å²) >= 11 is 0. The first kappa shape index (κ1) is 8.04. The average Bonchev–Trinajstić information content (AvgIpc) is 2.42. The highest BCUT2D eigenvalue weighted by Gasteiger charge is 2.06. The van der Waals surface area contributed by atoms with Gasteiger partial charge >= 0.3 is 0 Å². The molecule has 1 N–H and O–H groups in total. The second kappa shape index (κ2) is 3.05. The number of allylic oxidation sites excluding steroid dienone is 2. The van der Waals surface area contributed by atoms with E-state index in [9.17, 15) is 0 Å². The highest BCUT2D eigenvalue weighted by molar-refractivity contribution is 5.49. The Bertz CT molecular complexity index is 359. The summed E-state index contributed by atoms with van der Waals surface area (Å²) in [4.78, 5) is 4.06. The largest absolute Gasteiger partial charge is 0.331 e. The summed E-state index contributed by atoms with van der Waals surface area (Å²) in [6.45, 7) is 4.30. The molecule has 0 radical (unpaired) electrons. The van der Waals surface area contributed by atoms with Crippen LogP contribution in [0.25, 0.3) is 6.20 Å². The SMILES string of the molecule is CC(C)C1=Cn2ncnc2NC=C1. The molecule has 4 heteroatoms. The number of hydrogen-bond acceptors (Lipinski definition) is 3. The lowest BCUT2D eigenvalue weighted by molar-refractivity contribution is 0.787. The van der Waals surface area contributed by atoms with Crippen LogP contribution in [0.5, 0.6) is 0 Å². The molecule has 4 nitrogen and oxygen atoms in total. The van der Waals surface area contributed by atoms with Crippen molar-refractivity contribution in [3.05, 3.63) is 24.2 Å². The highest BCUT2D eigenvalue weighted by Crippen LogP contribution is 2.16. The van der Waals surface area contributed by atoms with Gasteiger partial charge in [-0.2, -0.15) is 10.1 Å². The van der Waals surface area contributed by atoms with Gasteiger partial charge < -0.3 is 5.32 Å². The van der Waals surface area contributed by atoms with E-state index in [1.54, 1.807) is 4.68 Å². The molecule has 0 aliphatic carbocycles. The molecule has 2 rings (SSSR count). The zero-order valence-corrected chi connectivity index (χ0v) is 7.73. The fourth-order valence-corrected chi connectivity index (χ4v) is 1.19. The third kappa shape index (κ3) is 1.47. The van der Waals surface area contributed by atoms with Gasteiger partial charge in [0.2, 0.25) is 5.95 Å². The fraction of sp³-hybridized carbons (Fsp3) is 0.333. The maximum atomic E-state index is 4.08. The van der Waals surface area contributed by atoms with E-state index in [1.807, 2.05) is 18.5 Å². The van der Waals surface area contributed by atoms with Crippen molar-refractivity contribution in [2.75, 3.05) is 5.32 Å². The summed E-state index contributed by atoms with van der Waals surface area (Å²) in [5, 5.41) is 7.12. The van der Waals surface area contributed by atoms with E-state index in [4.69, 9.17) is 0 Å². The zero-order valence-electron chi connectivity index (χ0n) is 7.73. The first-order valence-corrected chi connectivity index (χ1v) is 4.31. The Morgan fingerprint density at radius 3 is 3.08 bits per heavy atom. The molecular weight excluding hydrogens is 164 g/mol. The normalized spacial score (nSPS) is 14.8. The van der Waals surface area contributed by atoms with E-state index >= 15 is 0 Å². The average molecular weight is 176 g/mol. The van der Waals surface area contributed by atoms with Crippen molar-refractivity contribution in [1.82, 2.24) is 14.8 Å². The molecule has 0 spiro atoms. The number of anilines is 1. The highest BCUT2D eigenvalue weighted by atomic mass is 15.4. The minimum Gasteiger partial charge on any atom is -0.331 e. The van der Waals surface area contributed by atoms with Gasteiger partial charge in [-0.05, 0) is 17.6 Å². The quantitative estimate of drug-likeness (QED) is 0.708. The van der Waals surface area contributed by atoms with E-state index in [2.05, 4.69) is 29.2 Å². The summed E-state index contributed by atoms with van der Waals surface area (Å²) in [5.41, 5.74) is 1.23. The van der Waals surface area contributed by atoms with Crippen molar-refractivity contribution in [1.29, 1.82) is 0 Å². The number of aromatic nitrogens is 3. The predicted molar refractivity (Wildman–Crippen MR) is 51.9 cm³/mol. The van der Waals surface area contributed by atoms with E-state index < -0.39 is 0 Å². The van der Waals surface area contributed by atoms with E-state index in [0.29, 0.717) is 5.92 Å². The van der Waals surface area contributed by atoms with Gasteiger partial charge in [0.25, 0.3) is 0 Å². The zero-order chi connectivity index (χ0) is 9.26. The molecule has 13 heavy (non-hydrogen) atoms. The summed E-state index contributed by atoms with van der Waals surface area (Å²) in [6.07, 6.45) is 7.46. The lowest BCUT2D eigenvalue weighted by Crippen LogP contribution is -1.97. The van der Waals surface area contributed by atoms with Gasteiger partial charge in [0.05, 0.1) is 0 Å². The number of hydrogen-bond donors (Lipinski definition) is 1. The molecule has 0 amide bonds. The van der Waals surface area contributed by atoms with Gasteiger partial charge in [-0.25, -0.2) is 4.68 Å². The maximum absolute atomic E-state index is 4.08. The van der Waals surface area contributed by atoms with E-state index in [1.165, 1.54) is 11.9 Å². The molecule has 1 aromatic rings. The molecule has 2 heterocycles. The van der Waals surface area contributed by atoms with Crippen molar-refractivity contribution in [2.45, 2.75) is 13.8 Å². The van der Waals surface area contributed by atoms with Crippen LogP contribution < -0.4 is 5.32 Å². The van der Waals surface area contributed by atoms with Crippen molar-refractivity contribution < 1.29 is 0 Å². The van der Waals surface area contributed by atoms with Crippen LogP contribution >= 0.6 is 0 Å². The Morgan fingerprint density at radius 2 is 2.31 bits per heavy atom. The Morgan fingerprint density at radius 1 is 1.46 bits per heavy atom. The van der Waals surface area contributed by atoms with Crippen LogP contribution in [-0.4, -0.2) is 14.8 Å². The standard InChI is InChI=1S/C9H12N4/c1-7(2)8-3-4-10-9-11-6-12-13(9)5-8/h3-7H,1-2H3,(H,10,11,12). The van der Waals surface area contributed by atoms with Gasteiger partial charge in [0.1, 0.15) is 6.33 Å². The van der Waals surface area contributed by atoms with Crippen molar-refractivity contribution >= 4 is 12.1 Å². The van der Waals surface area contributed by atoms with Gasteiger partial charge in [0, 0.05) is 12.4 Å². The number of nitrogens with one attached hydrogen (secondary N) is 1. The van der Waals surface area contributed by atoms with Gasteiger partial charge in [0.15, 0.2) is 0 Å². The van der Waals surface area contributed by atoms with Gasteiger partial charge in [-0.15, -0.1) is 0 Å². The van der Waals surface area contributed by atoms with E-state index in [-0.39, 0.29) is 0 Å². The van der Waals surface area contributed by atoms with Crippen LogP contribution in [0, 0.1) is 5.92 Å². The minimum absolute atomic E-state index is 0.494. The van der Waals surface area contributed by atoms with E-state index in [0.717, 1.165) is 5.95 Å². The Balaban J connectivity index is 2.42. The van der Waals surface area contributed by atoms with Gasteiger partial charge in [-0.1, -0.05) is 13.8 Å². The lowest BCUT2D eigenvalue weighted by Gasteiger charge is -2.03. The Labute approximate surface area is 77.0 Å². The fourth-order valence-electron chi connectivity index (χ4n) is 1.19. The Hall–Kier alpha value is -1.58. The summed E-state index contributed by atoms with van der Waals surface area (Å²) in [5.74, 6) is 1.25. The molecule has 68 valence electrons. The number of rotatable bonds is 1. The monoisotopic (exact) mass is 176 g/mol. The smallest absolute Gasteiger partial charge is 0.229 e. The van der Waals surface area contributed by atoms with Crippen molar-refractivity contribution in [3.8, 4) is 0 Å². The van der Waals surface area contributed by atoms with Crippen molar-refractivity contribution in [2.24, 2.45) is 5.92 Å². The summed E-state index contributed by atoms with van der Waals surface area (Å²) in [6, 6.07) is 0. The number of nitrogens with zero attached hydrogens (tertiary/aromatic N) is 3. The topological polar surface area (TPSA) is 42.7 Å². The molecule has 0 atom stereocenters. The molecule has 1 aromatic heterocycles. The molecule has 0 saturated carbocycles. The summed E-state index contributed by atoms with van der Waals surface area (Å²) < 4.78 is 1.75. The summed E-state index contributed by atoms with van der Waals surface area (Å²) in [7, 11) is 0. The first-order valence-electron chi connectivity index (χ1n) is 4.31. The molecule has 0 bridgehead atoms. The molecule has 1 aliphatic heterocycles. The van der Waals surface area contributed by atoms with Crippen molar-refractivity contribution in [3.63, 3.8) is 0 Å². The predicted octanol–water partition coefficient (Wildman–Crippen LogP) is 1.71. The molecule has 1 aliphatic rings. The van der Waals surface area contributed by atoms with Crippen LogP contribution in [0.4, 0.5) is 5.95 Å². The second-order valence-corrected chi connectivity index (χ2v) is 3.29. The molecule has 0 aromatic carbocycles. The first-order chi connectivity index (χ1) is 6.27. The van der Waals surface area contributed by atoms with Crippen LogP contribution in [0.15, 0.2) is 24.2 Å².